The van der Waals surface area contributed by atoms with Gasteiger partial charge >= 0.3 is 11.8 Å². The van der Waals surface area contributed by atoms with Crippen LogP contribution in [0.1, 0.15) is 0 Å². The summed E-state index contributed by atoms with van der Waals surface area (Å²) in [6.45, 7) is 7.44. The molecule has 1 aliphatic heterocycles. The van der Waals surface area contributed by atoms with E-state index < -0.39 is 18.0 Å². The summed E-state index contributed by atoms with van der Waals surface area (Å²) in [5, 5.41) is 5.25. The van der Waals surface area contributed by atoms with Gasteiger partial charge in [0.2, 0.25) is 5.69 Å². The van der Waals surface area contributed by atoms with E-state index in [2.05, 4.69) is 20.5 Å². The number of halogens is 2. The monoisotopic (exact) mass is 416 g/mol. The van der Waals surface area contributed by atoms with Crippen LogP contribution in [0, 0.1) is 12.4 Å². The Labute approximate surface area is 168 Å². The lowest BCUT2D eigenvalue weighted by molar-refractivity contribution is 0.131. The number of pyridine rings is 1. The summed E-state index contributed by atoms with van der Waals surface area (Å²) < 4.78 is 22.3. The zero-order chi connectivity index (χ0) is 20.7. The first-order valence-electron chi connectivity index (χ1n) is 8.51. The van der Waals surface area contributed by atoms with E-state index in [1.54, 1.807) is 25.2 Å². The van der Waals surface area contributed by atoms with Crippen molar-refractivity contribution in [3.05, 3.63) is 57.1 Å². The lowest BCUT2D eigenvalue weighted by Crippen LogP contribution is -2.29. The second-order valence-electron chi connectivity index (χ2n) is 6.43. The van der Waals surface area contributed by atoms with E-state index in [1.165, 1.54) is 9.13 Å². The average Bonchev–Trinajstić information content (AvgIpc) is 3.21. The number of anilines is 2. The lowest BCUT2D eigenvalue weighted by Gasteiger charge is -2.11. The second kappa shape index (κ2) is 7.10. The van der Waals surface area contributed by atoms with Gasteiger partial charge in [-0.15, -0.1) is 0 Å². The minimum atomic E-state index is -0.727. The van der Waals surface area contributed by atoms with Crippen LogP contribution in [0.25, 0.3) is 15.9 Å². The average molecular weight is 417 g/mol. The maximum Gasteiger partial charge on any atom is 0.407 e. The molecule has 1 aromatic carbocycles. The molecule has 0 saturated carbocycles. The summed E-state index contributed by atoms with van der Waals surface area (Å²) in [5.41, 5.74) is 1.36. The summed E-state index contributed by atoms with van der Waals surface area (Å²) in [7, 11) is 1.64. The Kier molecular flexibility index (Phi) is 4.60. The highest BCUT2D eigenvalue weighted by molar-refractivity contribution is 6.32. The highest BCUT2D eigenvalue weighted by Gasteiger charge is 2.25. The molecule has 148 valence electrons. The van der Waals surface area contributed by atoms with Crippen molar-refractivity contribution in [3.63, 3.8) is 0 Å². The molecule has 2 aromatic heterocycles. The van der Waals surface area contributed by atoms with Crippen molar-refractivity contribution in [1.29, 1.82) is 0 Å². The number of cyclic esters (lactones) is 1. The van der Waals surface area contributed by atoms with Gasteiger partial charge in [0.05, 0.1) is 30.7 Å². The molecule has 1 amide bonds. The number of hydrogen-bond donors (Lipinski definition) is 2. The highest BCUT2D eigenvalue weighted by atomic mass is 35.5. The maximum atomic E-state index is 14.2. The number of amides is 1. The van der Waals surface area contributed by atoms with E-state index >= 15 is 0 Å². The van der Waals surface area contributed by atoms with Gasteiger partial charge < -0.3 is 15.4 Å². The number of ether oxygens (including phenoxy) is 1. The van der Waals surface area contributed by atoms with E-state index in [-0.39, 0.29) is 28.9 Å². The molecule has 0 unspecified atom stereocenters. The largest absolute Gasteiger partial charge is 0.442 e. The Morgan fingerprint density at radius 3 is 2.90 bits per heavy atom. The maximum absolute atomic E-state index is 14.2. The topological polar surface area (TPSA) is 94.5 Å². The Balaban J connectivity index is 1.71. The van der Waals surface area contributed by atoms with Crippen LogP contribution in [0.3, 0.4) is 0 Å². The first-order chi connectivity index (χ1) is 13.9. The predicted octanol–water partition coefficient (Wildman–Crippen LogP) is 2.93. The zero-order valence-corrected chi connectivity index (χ0v) is 15.8. The lowest BCUT2D eigenvalue weighted by atomic mass is 10.2. The fraction of sp³-hybridized carbons (Fsp3) is 0.222. The highest BCUT2D eigenvalue weighted by Crippen LogP contribution is 2.29. The van der Waals surface area contributed by atoms with Crippen molar-refractivity contribution in [2.45, 2.75) is 12.6 Å². The number of nitrogens with one attached hydrogen (secondary N) is 2. The van der Waals surface area contributed by atoms with Gasteiger partial charge in [0.15, 0.2) is 11.6 Å². The van der Waals surface area contributed by atoms with Crippen LogP contribution in [0.4, 0.5) is 26.4 Å². The van der Waals surface area contributed by atoms with Crippen molar-refractivity contribution in [1.82, 2.24) is 19.4 Å². The number of carbonyl (C=O) groups excluding carboxylic acids is 1. The number of fused-ring (bicyclic) bond motifs is 1. The number of carbonyl (C=O) groups is 1. The summed E-state index contributed by atoms with van der Waals surface area (Å²) in [5.74, 6) is -0.865. The number of rotatable bonds is 4. The molecule has 0 spiro atoms. The number of aromatic nitrogens is 3. The molecule has 0 bridgehead atoms. The molecular formula is C18H14ClFN6O3. The number of hydrogen-bond acceptors (Lipinski definition) is 5. The Morgan fingerprint density at radius 2 is 2.21 bits per heavy atom. The third-order valence-electron chi connectivity index (χ3n) is 4.57. The van der Waals surface area contributed by atoms with Crippen LogP contribution in [0.5, 0.6) is 0 Å². The van der Waals surface area contributed by atoms with Crippen molar-refractivity contribution in [2.24, 2.45) is 7.05 Å². The zero-order valence-electron chi connectivity index (χ0n) is 15.1. The fourth-order valence-corrected chi connectivity index (χ4v) is 3.34. The molecular weight excluding hydrogens is 403 g/mol. The normalized spacial score (nSPS) is 15.8. The molecule has 29 heavy (non-hydrogen) atoms. The van der Waals surface area contributed by atoms with Crippen LogP contribution in [0.15, 0.2) is 29.1 Å². The molecule has 3 aromatic rings. The SMILES string of the molecule is [C-]#[N+]c1cc(F)c(Nc2ccc3c(c2)n(C[C@@H]2CNC(=O)O2)c(=O)n3C)nc1Cl. The van der Waals surface area contributed by atoms with E-state index in [0.717, 1.165) is 6.07 Å². The first-order valence-corrected chi connectivity index (χ1v) is 8.89. The molecule has 4 rings (SSSR count). The van der Waals surface area contributed by atoms with Gasteiger partial charge in [-0.25, -0.2) is 23.8 Å². The molecule has 1 atom stereocenters. The number of aryl methyl sites for hydroxylation is 1. The van der Waals surface area contributed by atoms with Gasteiger partial charge in [0.1, 0.15) is 11.3 Å². The van der Waals surface area contributed by atoms with Gasteiger partial charge in [-0.2, -0.15) is 0 Å². The van der Waals surface area contributed by atoms with Crippen molar-refractivity contribution >= 4 is 45.9 Å². The Bertz CT molecular complexity index is 1250. The first kappa shape index (κ1) is 18.8. The number of nitrogens with zero attached hydrogens (tertiary/aromatic N) is 4. The minimum absolute atomic E-state index is 0.0817. The predicted molar refractivity (Wildman–Crippen MR) is 104 cm³/mol. The van der Waals surface area contributed by atoms with Crippen molar-refractivity contribution < 1.29 is 13.9 Å². The molecule has 0 aliphatic carbocycles. The van der Waals surface area contributed by atoms with Crippen LogP contribution in [-0.4, -0.2) is 32.9 Å². The quantitative estimate of drug-likeness (QED) is 0.503. The van der Waals surface area contributed by atoms with E-state index in [9.17, 15) is 14.0 Å². The third kappa shape index (κ3) is 3.36. The van der Waals surface area contributed by atoms with E-state index in [4.69, 9.17) is 22.9 Å². The number of imidazole rings is 1. The molecule has 0 radical (unpaired) electrons. The Morgan fingerprint density at radius 1 is 1.41 bits per heavy atom. The number of alkyl carbamates (subject to hydrolysis) is 1. The van der Waals surface area contributed by atoms with Crippen LogP contribution < -0.4 is 16.3 Å². The van der Waals surface area contributed by atoms with Crippen molar-refractivity contribution in [2.75, 3.05) is 11.9 Å². The molecule has 11 heteroatoms. The molecule has 2 N–H and O–H groups in total. The van der Waals surface area contributed by atoms with Crippen LogP contribution in [0.2, 0.25) is 5.15 Å². The van der Waals surface area contributed by atoms with Gasteiger partial charge in [-0.3, -0.25) is 9.13 Å². The molecule has 1 saturated heterocycles. The molecule has 9 nitrogen and oxygen atoms in total. The van der Waals surface area contributed by atoms with Gasteiger partial charge in [-0.05, 0) is 24.3 Å². The summed E-state index contributed by atoms with van der Waals surface area (Å²) in [6.07, 6.45) is -0.992. The van der Waals surface area contributed by atoms with Crippen molar-refractivity contribution in [3.8, 4) is 0 Å². The minimum Gasteiger partial charge on any atom is -0.442 e. The van der Waals surface area contributed by atoms with Gasteiger partial charge in [0, 0.05) is 12.7 Å². The fourth-order valence-electron chi connectivity index (χ4n) is 3.16. The standard InChI is InChI=1S/C18H14ClFN6O3/c1-21-12-6-11(20)16(24-15(12)19)23-9-3-4-13-14(5-9)26(18(28)25(13)2)8-10-7-22-17(27)29-10/h3-6,10H,7-8H2,2H3,(H,22,27)(H,23,24)/t10-/m0/s1. The molecule has 3 heterocycles. The van der Waals surface area contributed by atoms with Crippen LogP contribution >= 0.6 is 11.6 Å². The Hall–Kier alpha value is -3.58. The second-order valence-corrected chi connectivity index (χ2v) is 6.79. The third-order valence-corrected chi connectivity index (χ3v) is 4.85. The van der Waals surface area contributed by atoms with Crippen LogP contribution in [-0.2, 0) is 18.3 Å². The molecule has 1 fully saturated rings. The summed E-state index contributed by atoms with van der Waals surface area (Å²) in [6, 6.07) is 6.05. The summed E-state index contributed by atoms with van der Waals surface area (Å²) in [4.78, 5) is 30.9. The molecule has 1 aliphatic rings. The van der Waals surface area contributed by atoms with E-state index in [1.807, 2.05) is 0 Å². The number of benzene rings is 1. The van der Waals surface area contributed by atoms with Gasteiger partial charge in [-0.1, -0.05) is 11.6 Å². The van der Waals surface area contributed by atoms with E-state index in [0.29, 0.717) is 23.3 Å². The van der Waals surface area contributed by atoms with Gasteiger partial charge in [0.25, 0.3) is 0 Å². The summed E-state index contributed by atoms with van der Waals surface area (Å²) >= 11 is 5.89. The smallest absolute Gasteiger partial charge is 0.407 e.